The Bertz CT molecular complexity index is 988. The maximum Gasteiger partial charge on any atom is 0.246 e. The van der Waals surface area contributed by atoms with Gasteiger partial charge in [0.25, 0.3) is 0 Å². The third-order valence-electron chi connectivity index (χ3n) is 4.98. The smallest absolute Gasteiger partial charge is 0.246 e. The highest BCUT2D eigenvalue weighted by atomic mass is 32.2. The first kappa shape index (κ1) is 19.1. The number of nitriles is 1. The van der Waals surface area contributed by atoms with E-state index in [1.807, 2.05) is 0 Å². The van der Waals surface area contributed by atoms with Gasteiger partial charge in [-0.05, 0) is 49.6 Å². The van der Waals surface area contributed by atoms with E-state index >= 15 is 0 Å². The monoisotopic (exact) mass is 384 g/mol. The lowest BCUT2D eigenvalue weighted by atomic mass is 9.97. The van der Waals surface area contributed by atoms with Crippen molar-refractivity contribution in [3.05, 3.63) is 59.7 Å². The zero-order valence-electron chi connectivity index (χ0n) is 14.9. The molecule has 2 aromatic carbocycles. The minimum Gasteiger partial charge on any atom is -0.381 e. The van der Waals surface area contributed by atoms with E-state index in [9.17, 15) is 18.5 Å². The van der Waals surface area contributed by atoms with Crippen molar-refractivity contribution in [3.63, 3.8) is 0 Å². The summed E-state index contributed by atoms with van der Waals surface area (Å²) in [6, 6.07) is 15.0. The Morgan fingerprint density at radius 1 is 1.11 bits per heavy atom. The van der Waals surface area contributed by atoms with Crippen molar-refractivity contribution in [2.45, 2.75) is 29.4 Å². The molecule has 1 aliphatic heterocycles. The molecule has 6 nitrogen and oxygen atoms in total. The highest BCUT2D eigenvalue weighted by Crippen LogP contribution is 2.36. The van der Waals surface area contributed by atoms with Crippen LogP contribution in [0.25, 0.3) is 0 Å². The standard InChI is InChI=1S/C20H20N2O4S/c1-15-16(14-21)6-5-9-18(15)22-19(23)20(10-12-26-13-11-20)27(24,25)17-7-3-2-4-8-17/h2-9H,10-13H2,1H3,(H,22,23). The first-order chi connectivity index (χ1) is 12.9. The summed E-state index contributed by atoms with van der Waals surface area (Å²) in [5.41, 5.74) is 1.47. The fourth-order valence-corrected chi connectivity index (χ4v) is 5.24. The normalized spacial score (nSPS) is 16.3. The summed E-state index contributed by atoms with van der Waals surface area (Å²) in [7, 11) is -3.93. The van der Waals surface area contributed by atoms with Crippen molar-refractivity contribution >= 4 is 21.4 Å². The van der Waals surface area contributed by atoms with E-state index in [2.05, 4.69) is 11.4 Å². The molecule has 0 unspecified atom stereocenters. The number of benzene rings is 2. The molecule has 0 bridgehead atoms. The predicted octanol–water partition coefficient (Wildman–Crippen LogP) is 2.83. The van der Waals surface area contributed by atoms with Crippen LogP contribution in [0.5, 0.6) is 0 Å². The van der Waals surface area contributed by atoms with Crippen LogP contribution in [0.1, 0.15) is 24.0 Å². The third-order valence-corrected chi connectivity index (χ3v) is 7.50. The summed E-state index contributed by atoms with van der Waals surface area (Å²) < 4.78 is 30.5. The van der Waals surface area contributed by atoms with Gasteiger partial charge in [-0.15, -0.1) is 0 Å². The van der Waals surface area contributed by atoms with Crippen molar-refractivity contribution in [3.8, 4) is 6.07 Å². The molecule has 27 heavy (non-hydrogen) atoms. The number of hydrogen-bond donors (Lipinski definition) is 1. The van der Waals surface area contributed by atoms with Gasteiger partial charge in [0.2, 0.25) is 5.91 Å². The number of hydrogen-bond acceptors (Lipinski definition) is 5. The van der Waals surface area contributed by atoms with E-state index in [1.54, 1.807) is 43.3 Å². The molecule has 2 aromatic rings. The van der Waals surface area contributed by atoms with Crippen LogP contribution < -0.4 is 5.32 Å². The molecule has 1 N–H and O–H groups in total. The SMILES string of the molecule is Cc1c(C#N)cccc1NC(=O)C1(S(=O)(=O)c2ccccc2)CCOCC1. The van der Waals surface area contributed by atoms with E-state index in [0.717, 1.165) is 0 Å². The second-order valence-corrected chi connectivity index (χ2v) is 8.73. The molecule has 1 saturated heterocycles. The van der Waals surface area contributed by atoms with Crippen LogP contribution in [0.4, 0.5) is 5.69 Å². The van der Waals surface area contributed by atoms with Gasteiger partial charge >= 0.3 is 0 Å². The number of nitrogens with zero attached hydrogens (tertiary/aromatic N) is 1. The third kappa shape index (κ3) is 3.34. The maximum atomic E-state index is 13.4. The molecule has 0 aromatic heterocycles. The zero-order valence-corrected chi connectivity index (χ0v) is 15.8. The number of nitrogens with one attached hydrogen (secondary N) is 1. The van der Waals surface area contributed by atoms with Gasteiger partial charge in [-0.1, -0.05) is 24.3 Å². The van der Waals surface area contributed by atoms with E-state index in [-0.39, 0.29) is 31.0 Å². The fraction of sp³-hybridized carbons (Fsp3) is 0.300. The van der Waals surface area contributed by atoms with Gasteiger partial charge in [0, 0.05) is 18.9 Å². The van der Waals surface area contributed by atoms with Gasteiger partial charge in [0.15, 0.2) is 14.6 Å². The topological polar surface area (TPSA) is 96.3 Å². The van der Waals surface area contributed by atoms with Gasteiger partial charge in [0.1, 0.15) is 0 Å². The van der Waals surface area contributed by atoms with Crippen LogP contribution in [0.2, 0.25) is 0 Å². The Labute approximate surface area is 158 Å². The average Bonchev–Trinajstić information content (AvgIpc) is 2.70. The van der Waals surface area contributed by atoms with Gasteiger partial charge in [-0.25, -0.2) is 8.42 Å². The molecule has 0 saturated carbocycles. The van der Waals surface area contributed by atoms with E-state index in [1.165, 1.54) is 12.1 Å². The predicted molar refractivity (Wildman–Crippen MR) is 101 cm³/mol. The Balaban J connectivity index is 2.03. The number of ether oxygens (including phenoxy) is 1. The van der Waals surface area contributed by atoms with E-state index in [0.29, 0.717) is 16.8 Å². The maximum absolute atomic E-state index is 13.4. The van der Waals surface area contributed by atoms with Crippen LogP contribution in [-0.4, -0.2) is 32.3 Å². The minimum absolute atomic E-state index is 0.0764. The van der Waals surface area contributed by atoms with Crippen molar-refractivity contribution in [1.29, 1.82) is 5.26 Å². The van der Waals surface area contributed by atoms with E-state index < -0.39 is 20.5 Å². The van der Waals surface area contributed by atoms with Crippen molar-refractivity contribution in [2.75, 3.05) is 18.5 Å². The average molecular weight is 384 g/mol. The first-order valence-electron chi connectivity index (χ1n) is 8.61. The summed E-state index contributed by atoms with van der Waals surface area (Å²) >= 11 is 0. The molecule has 3 rings (SSSR count). The summed E-state index contributed by atoms with van der Waals surface area (Å²) in [4.78, 5) is 13.3. The molecule has 0 atom stereocenters. The summed E-state index contributed by atoms with van der Waals surface area (Å²) in [5.74, 6) is -0.590. The Morgan fingerprint density at radius 2 is 1.78 bits per heavy atom. The number of rotatable bonds is 4. The zero-order chi connectivity index (χ0) is 19.5. The van der Waals surface area contributed by atoms with Crippen LogP contribution in [-0.2, 0) is 19.4 Å². The molecular formula is C20H20N2O4S. The highest BCUT2D eigenvalue weighted by Gasteiger charge is 2.52. The number of carbonyl (C=O) groups is 1. The second kappa shape index (κ2) is 7.51. The lowest BCUT2D eigenvalue weighted by Crippen LogP contribution is -2.53. The van der Waals surface area contributed by atoms with Crippen molar-refractivity contribution in [1.82, 2.24) is 0 Å². The molecule has 1 aliphatic rings. The molecule has 0 spiro atoms. The fourth-order valence-electron chi connectivity index (χ4n) is 3.27. The first-order valence-corrected chi connectivity index (χ1v) is 10.1. The number of sulfone groups is 1. The minimum atomic E-state index is -3.93. The van der Waals surface area contributed by atoms with E-state index in [4.69, 9.17) is 4.74 Å². The molecule has 0 aliphatic carbocycles. The lowest BCUT2D eigenvalue weighted by Gasteiger charge is -2.35. The van der Waals surface area contributed by atoms with Crippen LogP contribution in [0, 0.1) is 18.3 Å². The number of amides is 1. The number of anilines is 1. The van der Waals surface area contributed by atoms with Gasteiger partial charge < -0.3 is 10.1 Å². The van der Waals surface area contributed by atoms with Crippen LogP contribution >= 0.6 is 0 Å². The Hall–Kier alpha value is -2.69. The van der Waals surface area contributed by atoms with Crippen LogP contribution in [0.3, 0.4) is 0 Å². The van der Waals surface area contributed by atoms with Gasteiger partial charge in [-0.3, -0.25) is 4.79 Å². The highest BCUT2D eigenvalue weighted by molar-refractivity contribution is 7.93. The summed E-state index contributed by atoms with van der Waals surface area (Å²) in [6.45, 7) is 2.10. The molecule has 7 heteroatoms. The molecule has 1 amide bonds. The Morgan fingerprint density at radius 3 is 2.41 bits per heavy atom. The lowest BCUT2D eigenvalue weighted by molar-refractivity contribution is -0.121. The molecule has 1 heterocycles. The Kier molecular flexibility index (Phi) is 5.31. The summed E-state index contributed by atoms with van der Waals surface area (Å²) in [6.07, 6.45) is 0.153. The van der Waals surface area contributed by atoms with Gasteiger partial charge in [-0.2, -0.15) is 5.26 Å². The number of carbonyl (C=O) groups excluding carboxylic acids is 1. The van der Waals surface area contributed by atoms with Gasteiger partial charge in [0.05, 0.1) is 16.5 Å². The molecule has 140 valence electrons. The quantitative estimate of drug-likeness (QED) is 0.874. The molecule has 0 radical (unpaired) electrons. The molecule has 1 fully saturated rings. The van der Waals surface area contributed by atoms with Crippen molar-refractivity contribution < 1.29 is 17.9 Å². The largest absolute Gasteiger partial charge is 0.381 e. The van der Waals surface area contributed by atoms with Crippen molar-refractivity contribution in [2.24, 2.45) is 0 Å². The molecular weight excluding hydrogens is 364 g/mol. The van der Waals surface area contributed by atoms with Crippen LogP contribution in [0.15, 0.2) is 53.4 Å². The summed E-state index contributed by atoms with van der Waals surface area (Å²) in [5, 5.41) is 11.9. The second-order valence-electron chi connectivity index (χ2n) is 6.47.